The molecule has 4 atom stereocenters. The van der Waals surface area contributed by atoms with Gasteiger partial charge in [-0.3, -0.25) is 0 Å². The molecule has 6 heteroatoms. The second-order valence-corrected chi connectivity index (χ2v) is 3.78. The monoisotopic (exact) mass is 236 g/mol. The van der Waals surface area contributed by atoms with Crippen LogP contribution in [0.3, 0.4) is 0 Å². The van der Waals surface area contributed by atoms with E-state index >= 15 is 0 Å². The zero-order valence-electron chi connectivity index (χ0n) is 9.67. The Morgan fingerprint density at radius 1 is 1.00 bits per heavy atom. The first-order valence-corrected chi connectivity index (χ1v) is 5.40. The van der Waals surface area contributed by atoms with Crippen molar-refractivity contribution in [2.75, 3.05) is 26.4 Å². The van der Waals surface area contributed by atoms with Gasteiger partial charge in [0.1, 0.15) is 12.2 Å². The van der Waals surface area contributed by atoms with E-state index in [0.717, 1.165) is 0 Å². The van der Waals surface area contributed by atoms with E-state index in [2.05, 4.69) is 0 Å². The molecule has 4 unspecified atom stereocenters. The van der Waals surface area contributed by atoms with Gasteiger partial charge >= 0.3 is 0 Å². The summed E-state index contributed by atoms with van der Waals surface area (Å²) in [5.74, 6) is 0. The van der Waals surface area contributed by atoms with Crippen molar-refractivity contribution in [3.05, 3.63) is 0 Å². The quantitative estimate of drug-likeness (QED) is 0.604. The van der Waals surface area contributed by atoms with Crippen molar-refractivity contribution < 1.29 is 29.2 Å². The molecule has 1 aliphatic heterocycles. The third kappa shape index (κ3) is 5.74. The number of hydrogen-bond acceptors (Lipinski definition) is 6. The summed E-state index contributed by atoms with van der Waals surface area (Å²) in [7, 11) is 0. The van der Waals surface area contributed by atoms with Crippen molar-refractivity contribution in [1.82, 2.24) is 0 Å². The molecule has 96 valence electrons. The van der Waals surface area contributed by atoms with Gasteiger partial charge in [-0.15, -0.1) is 0 Å². The van der Waals surface area contributed by atoms with Crippen LogP contribution in [0.4, 0.5) is 0 Å². The predicted octanol–water partition coefficient (Wildman–Crippen LogP) is -0.520. The van der Waals surface area contributed by atoms with Crippen LogP contribution in [-0.4, -0.2) is 61.4 Å². The highest BCUT2D eigenvalue weighted by Gasteiger charge is 2.23. The Kier molecular flexibility index (Phi) is 6.18. The predicted molar refractivity (Wildman–Crippen MR) is 54.7 cm³/mol. The number of ether oxygens (including phenoxy) is 4. The molecule has 0 aromatic heterocycles. The first-order chi connectivity index (χ1) is 7.58. The van der Waals surface area contributed by atoms with Crippen LogP contribution in [0.25, 0.3) is 0 Å². The van der Waals surface area contributed by atoms with E-state index in [1.807, 2.05) is 0 Å². The topological polar surface area (TPSA) is 77.4 Å². The van der Waals surface area contributed by atoms with Crippen LogP contribution in [-0.2, 0) is 18.9 Å². The maximum absolute atomic E-state index is 8.91. The molecule has 0 spiro atoms. The van der Waals surface area contributed by atoms with Gasteiger partial charge in [0, 0.05) is 0 Å². The molecule has 0 aliphatic carbocycles. The molecule has 1 rings (SSSR count). The molecule has 0 saturated carbocycles. The largest absolute Gasteiger partial charge is 0.371 e. The fourth-order valence-electron chi connectivity index (χ4n) is 1.27. The minimum absolute atomic E-state index is 0.155. The molecule has 0 aromatic carbocycles. The van der Waals surface area contributed by atoms with E-state index in [-0.39, 0.29) is 12.2 Å². The number of aliphatic hydroxyl groups excluding tert-OH is 2. The second kappa shape index (κ2) is 7.16. The van der Waals surface area contributed by atoms with E-state index in [1.54, 1.807) is 13.8 Å². The zero-order chi connectivity index (χ0) is 12.0. The Bertz CT molecular complexity index is 156. The highest BCUT2D eigenvalue weighted by Crippen LogP contribution is 2.09. The average molecular weight is 236 g/mol. The molecule has 0 aromatic rings. The summed E-state index contributed by atoms with van der Waals surface area (Å²) in [6.07, 6.45) is -1.89. The first kappa shape index (κ1) is 13.8. The summed E-state index contributed by atoms with van der Waals surface area (Å²) < 4.78 is 20.9. The zero-order valence-corrected chi connectivity index (χ0v) is 9.67. The highest BCUT2D eigenvalue weighted by molar-refractivity contribution is 4.67. The fourth-order valence-corrected chi connectivity index (χ4v) is 1.27. The fraction of sp³-hybridized carbons (Fsp3) is 1.00. The summed E-state index contributed by atoms with van der Waals surface area (Å²) in [6, 6.07) is 0. The maximum atomic E-state index is 8.91. The minimum Gasteiger partial charge on any atom is -0.371 e. The molecule has 1 saturated heterocycles. The molecule has 1 aliphatic rings. The van der Waals surface area contributed by atoms with Crippen molar-refractivity contribution >= 4 is 0 Å². The van der Waals surface area contributed by atoms with Gasteiger partial charge in [-0.25, -0.2) is 0 Å². The van der Waals surface area contributed by atoms with E-state index in [1.165, 1.54) is 0 Å². The summed E-state index contributed by atoms with van der Waals surface area (Å²) in [5.41, 5.74) is 0. The summed E-state index contributed by atoms with van der Waals surface area (Å²) in [6.45, 7) is 4.51. The van der Waals surface area contributed by atoms with Crippen molar-refractivity contribution in [2.24, 2.45) is 0 Å². The van der Waals surface area contributed by atoms with Crippen molar-refractivity contribution in [1.29, 1.82) is 0 Å². The van der Waals surface area contributed by atoms with Gasteiger partial charge in [0.2, 0.25) is 0 Å². The molecule has 0 bridgehead atoms. The Morgan fingerprint density at radius 3 is 1.62 bits per heavy atom. The molecular weight excluding hydrogens is 216 g/mol. The molecule has 6 nitrogen and oxygen atoms in total. The smallest absolute Gasteiger partial charge is 0.151 e. The molecule has 0 radical (unpaired) electrons. The lowest BCUT2D eigenvalue weighted by molar-refractivity contribution is -0.200. The Morgan fingerprint density at radius 2 is 1.38 bits per heavy atom. The highest BCUT2D eigenvalue weighted by atomic mass is 16.6. The van der Waals surface area contributed by atoms with Gasteiger partial charge in [0.25, 0.3) is 0 Å². The van der Waals surface area contributed by atoms with Gasteiger partial charge in [0.05, 0.1) is 26.4 Å². The summed E-state index contributed by atoms with van der Waals surface area (Å²) in [4.78, 5) is 0. The van der Waals surface area contributed by atoms with Crippen LogP contribution in [0.2, 0.25) is 0 Å². The molecule has 2 N–H and O–H groups in total. The van der Waals surface area contributed by atoms with Crippen LogP contribution in [0, 0.1) is 0 Å². The average Bonchev–Trinajstić information content (AvgIpc) is 2.25. The Labute approximate surface area is 95.1 Å². The SMILES string of the molecule is CC(O)OCC1COC(COC(C)O)CO1. The number of rotatable bonds is 6. The van der Waals surface area contributed by atoms with Gasteiger partial charge in [-0.1, -0.05) is 0 Å². The van der Waals surface area contributed by atoms with Gasteiger partial charge in [-0.2, -0.15) is 0 Å². The van der Waals surface area contributed by atoms with Crippen LogP contribution in [0.15, 0.2) is 0 Å². The first-order valence-electron chi connectivity index (χ1n) is 5.40. The standard InChI is InChI=1S/C10H20O6/c1-7(11)13-3-9-5-16-10(6-15-9)4-14-8(2)12/h7-12H,3-6H2,1-2H3. The molecule has 16 heavy (non-hydrogen) atoms. The molecular formula is C10H20O6. The maximum Gasteiger partial charge on any atom is 0.151 e. The van der Waals surface area contributed by atoms with Gasteiger partial charge < -0.3 is 29.2 Å². The van der Waals surface area contributed by atoms with Crippen molar-refractivity contribution in [2.45, 2.75) is 38.6 Å². The van der Waals surface area contributed by atoms with Crippen LogP contribution in [0.1, 0.15) is 13.8 Å². The van der Waals surface area contributed by atoms with Crippen molar-refractivity contribution in [3.8, 4) is 0 Å². The second-order valence-electron chi connectivity index (χ2n) is 3.78. The van der Waals surface area contributed by atoms with E-state index < -0.39 is 12.6 Å². The van der Waals surface area contributed by atoms with E-state index in [0.29, 0.717) is 26.4 Å². The van der Waals surface area contributed by atoms with Gasteiger partial charge in [-0.05, 0) is 13.8 Å². The third-order valence-electron chi connectivity index (χ3n) is 2.08. The van der Waals surface area contributed by atoms with E-state index in [9.17, 15) is 0 Å². The van der Waals surface area contributed by atoms with Crippen LogP contribution in [0.5, 0.6) is 0 Å². The van der Waals surface area contributed by atoms with Crippen molar-refractivity contribution in [3.63, 3.8) is 0 Å². The summed E-state index contributed by atoms with van der Waals surface area (Å²) in [5, 5.41) is 17.8. The molecule has 0 amide bonds. The van der Waals surface area contributed by atoms with Crippen LogP contribution >= 0.6 is 0 Å². The number of hydrogen-bond donors (Lipinski definition) is 2. The molecule has 1 fully saturated rings. The minimum atomic E-state index is -0.792. The Hall–Kier alpha value is -0.240. The summed E-state index contributed by atoms with van der Waals surface area (Å²) >= 11 is 0. The van der Waals surface area contributed by atoms with Crippen LogP contribution < -0.4 is 0 Å². The number of aliphatic hydroxyl groups is 2. The van der Waals surface area contributed by atoms with Gasteiger partial charge in [0.15, 0.2) is 12.6 Å². The molecule has 1 heterocycles. The van der Waals surface area contributed by atoms with E-state index in [4.69, 9.17) is 29.2 Å². The lowest BCUT2D eigenvalue weighted by atomic mass is 10.3. The lowest BCUT2D eigenvalue weighted by Crippen LogP contribution is -2.41. The Balaban J connectivity index is 2.09. The normalized spacial score (nSPS) is 30.0. The lowest BCUT2D eigenvalue weighted by Gasteiger charge is -2.29. The third-order valence-corrected chi connectivity index (χ3v) is 2.08.